The van der Waals surface area contributed by atoms with Crippen LogP contribution in [0.15, 0.2) is 18.3 Å². The summed E-state index contributed by atoms with van der Waals surface area (Å²) in [5, 5.41) is 12.3. The maximum Gasteiger partial charge on any atom is 0.0524 e. The lowest BCUT2D eigenvalue weighted by Crippen LogP contribution is -2.19. The first-order chi connectivity index (χ1) is 6.20. The van der Waals surface area contributed by atoms with Crippen molar-refractivity contribution in [3.63, 3.8) is 0 Å². The summed E-state index contributed by atoms with van der Waals surface area (Å²) in [5.41, 5.74) is 1.27. The van der Waals surface area contributed by atoms with E-state index in [1.165, 1.54) is 5.69 Å². The van der Waals surface area contributed by atoms with Gasteiger partial charge in [0.2, 0.25) is 0 Å². The third kappa shape index (κ3) is 3.61. The fourth-order valence-corrected chi connectivity index (χ4v) is 1.21. The van der Waals surface area contributed by atoms with Crippen LogP contribution in [-0.4, -0.2) is 22.3 Å². The van der Waals surface area contributed by atoms with E-state index in [4.69, 9.17) is 5.11 Å². The molecule has 2 N–H and O–H groups in total. The number of rotatable bonds is 5. The van der Waals surface area contributed by atoms with Gasteiger partial charge in [0.05, 0.1) is 6.10 Å². The van der Waals surface area contributed by atoms with Crippen LogP contribution in [0.4, 0.5) is 0 Å². The van der Waals surface area contributed by atoms with Gasteiger partial charge in [0.15, 0.2) is 0 Å². The number of aryl methyl sites for hydroxylation is 1. The molecule has 74 valence electrons. The van der Waals surface area contributed by atoms with Crippen molar-refractivity contribution in [1.29, 1.82) is 0 Å². The highest BCUT2D eigenvalue weighted by Crippen LogP contribution is 1.98. The number of aliphatic hydroxyl groups is 1. The minimum atomic E-state index is -0.207. The molecule has 0 radical (unpaired) electrons. The predicted molar refractivity (Wildman–Crippen MR) is 53.4 cm³/mol. The van der Waals surface area contributed by atoms with E-state index in [0.29, 0.717) is 0 Å². The monoisotopic (exact) mass is 182 g/mol. The first-order valence-electron chi connectivity index (χ1n) is 4.69. The third-order valence-electron chi connectivity index (χ3n) is 2.10. The molecule has 0 aromatic carbocycles. The van der Waals surface area contributed by atoms with Crippen LogP contribution >= 0.6 is 0 Å². The van der Waals surface area contributed by atoms with Gasteiger partial charge >= 0.3 is 0 Å². The van der Waals surface area contributed by atoms with E-state index in [2.05, 4.69) is 16.0 Å². The van der Waals surface area contributed by atoms with Crippen molar-refractivity contribution < 1.29 is 5.11 Å². The number of aliphatic hydroxyl groups excluding tert-OH is 1. The van der Waals surface area contributed by atoms with E-state index in [-0.39, 0.29) is 6.10 Å². The molecular weight excluding hydrogens is 164 g/mol. The molecule has 1 aromatic rings. The van der Waals surface area contributed by atoms with Gasteiger partial charge in [0.25, 0.3) is 0 Å². The summed E-state index contributed by atoms with van der Waals surface area (Å²) >= 11 is 0. The highest BCUT2D eigenvalue weighted by atomic mass is 16.3. The number of nitrogens with one attached hydrogen (secondary N) is 1. The van der Waals surface area contributed by atoms with E-state index in [1.54, 1.807) is 0 Å². The first-order valence-corrected chi connectivity index (χ1v) is 4.69. The van der Waals surface area contributed by atoms with Crippen molar-refractivity contribution >= 4 is 0 Å². The Hall–Kier alpha value is -0.800. The second kappa shape index (κ2) is 5.04. The number of hydrogen-bond acceptors (Lipinski definition) is 2. The van der Waals surface area contributed by atoms with Crippen LogP contribution in [-0.2, 0) is 13.6 Å². The van der Waals surface area contributed by atoms with E-state index in [0.717, 1.165) is 19.5 Å². The normalized spacial score (nSPS) is 13.2. The maximum atomic E-state index is 9.02. The Labute approximate surface area is 79.4 Å². The van der Waals surface area contributed by atoms with Crippen molar-refractivity contribution in [3.8, 4) is 0 Å². The van der Waals surface area contributed by atoms with Crippen molar-refractivity contribution in [2.45, 2.75) is 26.0 Å². The van der Waals surface area contributed by atoms with Gasteiger partial charge in [-0.25, -0.2) is 0 Å². The zero-order chi connectivity index (χ0) is 9.68. The number of hydrogen-bond donors (Lipinski definition) is 2. The number of nitrogens with zero attached hydrogens (tertiary/aromatic N) is 1. The predicted octanol–water partition coefficient (Wildman–Crippen LogP) is 0.886. The third-order valence-corrected chi connectivity index (χ3v) is 2.10. The van der Waals surface area contributed by atoms with Gasteiger partial charge in [-0.2, -0.15) is 0 Å². The summed E-state index contributed by atoms with van der Waals surface area (Å²) < 4.78 is 2.09. The smallest absolute Gasteiger partial charge is 0.0524 e. The molecule has 0 saturated heterocycles. The van der Waals surface area contributed by atoms with Crippen LogP contribution in [0.25, 0.3) is 0 Å². The van der Waals surface area contributed by atoms with Gasteiger partial charge in [-0.05, 0) is 32.0 Å². The summed E-state index contributed by atoms with van der Waals surface area (Å²) in [4.78, 5) is 0. The maximum absolute atomic E-state index is 9.02. The molecule has 0 fully saturated rings. The van der Waals surface area contributed by atoms with Gasteiger partial charge in [0, 0.05) is 25.5 Å². The molecule has 0 unspecified atom stereocenters. The largest absolute Gasteiger partial charge is 0.393 e. The van der Waals surface area contributed by atoms with Crippen molar-refractivity contribution in [2.24, 2.45) is 7.05 Å². The summed E-state index contributed by atoms with van der Waals surface area (Å²) in [7, 11) is 2.03. The summed E-state index contributed by atoms with van der Waals surface area (Å²) in [6.45, 7) is 3.54. The Balaban J connectivity index is 2.17. The average molecular weight is 182 g/mol. The van der Waals surface area contributed by atoms with Gasteiger partial charge in [-0.15, -0.1) is 0 Å². The Morgan fingerprint density at radius 3 is 2.92 bits per heavy atom. The topological polar surface area (TPSA) is 37.2 Å². The Bertz CT molecular complexity index is 243. The van der Waals surface area contributed by atoms with E-state index in [1.807, 2.05) is 26.2 Å². The van der Waals surface area contributed by atoms with Gasteiger partial charge in [-0.1, -0.05) is 0 Å². The van der Waals surface area contributed by atoms with Crippen molar-refractivity contribution in [1.82, 2.24) is 9.88 Å². The zero-order valence-electron chi connectivity index (χ0n) is 8.33. The molecule has 0 bridgehead atoms. The molecule has 3 nitrogen and oxygen atoms in total. The summed E-state index contributed by atoms with van der Waals surface area (Å²) in [6, 6.07) is 4.13. The molecule has 0 aliphatic heterocycles. The molecule has 13 heavy (non-hydrogen) atoms. The van der Waals surface area contributed by atoms with E-state index >= 15 is 0 Å². The average Bonchev–Trinajstić information content (AvgIpc) is 2.45. The van der Waals surface area contributed by atoms with Gasteiger partial charge in [-0.3, -0.25) is 0 Å². The van der Waals surface area contributed by atoms with Crippen LogP contribution in [0.1, 0.15) is 19.0 Å². The van der Waals surface area contributed by atoms with Crippen LogP contribution in [0.2, 0.25) is 0 Å². The minimum Gasteiger partial charge on any atom is -0.393 e. The number of aromatic nitrogens is 1. The molecular formula is C10H18N2O. The lowest BCUT2D eigenvalue weighted by Gasteiger charge is -2.07. The molecule has 1 heterocycles. The highest BCUT2D eigenvalue weighted by molar-refractivity contribution is 5.05. The SMILES string of the molecule is C[C@H](O)CCNCc1cccn1C. The first kappa shape index (κ1) is 10.3. The van der Waals surface area contributed by atoms with Crippen LogP contribution in [0.3, 0.4) is 0 Å². The lowest BCUT2D eigenvalue weighted by molar-refractivity contribution is 0.183. The quantitative estimate of drug-likeness (QED) is 0.663. The molecule has 1 atom stereocenters. The lowest BCUT2D eigenvalue weighted by atomic mass is 10.3. The molecule has 0 spiro atoms. The van der Waals surface area contributed by atoms with Crippen LogP contribution in [0, 0.1) is 0 Å². The van der Waals surface area contributed by atoms with Crippen LogP contribution in [0.5, 0.6) is 0 Å². The highest BCUT2D eigenvalue weighted by Gasteiger charge is 1.97. The Morgan fingerprint density at radius 1 is 1.62 bits per heavy atom. The molecule has 0 aliphatic carbocycles. The second-order valence-electron chi connectivity index (χ2n) is 3.42. The van der Waals surface area contributed by atoms with E-state index in [9.17, 15) is 0 Å². The summed E-state index contributed by atoms with van der Waals surface area (Å²) in [5.74, 6) is 0. The molecule has 0 saturated carbocycles. The van der Waals surface area contributed by atoms with Crippen molar-refractivity contribution in [3.05, 3.63) is 24.0 Å². The van der Waals surface area contributed by atoms with E-state index < -0.39 is 0 Å². The molecule has 0 amide bonds. The molecule has 1 rings (SSSR count). The second-order valence-corrected chi connectivity index (χ2v) is 3.42. The summed E-state index contributed by atoms with van der Waals surface area (Å²) in [6.07, 6.45) is 2.64. The standard InChI is InChI=1S/C10H18N2O/c1-9(13)5-6-11-8-10-4-3-7-12(10)2/h3-4,7,9,11,13H,5-6,8H2,1-2H3/t9-/m0/s1. The molecule has 1 aromatic heterocycles. The van der Waals surface area contributed by atoms with Gasteiger partial charge < -0.3 is 15.0 Å². The molecule has 3 heteroatoms. The Morgan fingerprint density at radius 2 is 2.38 bits per heavy atom. The fourth-order valence-electron chi connectivity index (χ4n) is 1.21. The Kier molecular flexibility index (Phi) is 3.99. The van der Waals surface area contributed by atoms with Crippen molar-refractivity contribution in [2.75, 3.05) is 6.54 Å². The van der Waals surface area contributed by atoms with Gasteiger partial charge in [0.1, 0.15) is 0 Å². The molecule has 0 aliphatic rings. The zero-order valence-corrected chi connectivity index (χ0v) is 8.33. The fraction of sp³-hybridized carbons (Fsp3) is 0.600. The van der Waals surface area contributed by atoms with Crippen LogP contribution < -0.4 is 5.32 Å². The minimum absolute atomic E-state index is 0.207.